The molecule has 1 N–H and O–H groups in total. The first-order valence-corrected chi connectivity index (χ1v) is 10.7. The van der Waals surface area contributed by atoms with Crippen LogP contribution in [0.3, 0.4) is 0 Å². The van der Waals surface area contributed by atoms with Gasteiger partial charge in [0.25, 0.3) is 5.91 Å². The molecule has 1 aliphatic heterocycles. The Hall–Kier alpha value is -3.92. The van der Waals surface area contributed by atoms with E-state index < -0.39 is 11.6 Å². The van der Waals surface area contributed by atoms with Crippen LogP contribution in [0.2, 0.25) is 0 Å². The van der Waals surface area contributed by atoms with Gasteiger partial charge in [0.2, 0.25) is 0 Å². The number of nitrogens with zero attached hydrogens (tertiary/aromatic N) is 4. The molecule has 7 heteroatoms. The molecule has 7 nitrogen and oxygen atoms in total. The van der Waals surface area contributed by atoms with Gasteiger partial charge in [-0.3, -0.25) is 9.69 Å². The van der Waals surface area contributed by atoms with Crippen molar-refractivity contribution in [3.63, 3.8) is 0 Å². The number of nitrogens with one attached hydrogen (secondary N) is 1. The molecule has 3 aromatic rings. The average molecular weight is 428 g/mol. The molecule has 1 atom stereocenters. The van der Waals surface area contributed by atoms with E-state index in [-0.39, 0.29) is 12.5 Å². The normalized spacial score (nSPS) is 18.0. The summed E-state index contributed by atoms with van der Waals surface area (Å²) >= 11 is 0. The molecule has 1 saturated heterocycles. The number of nitriles is 1. The summed E-state index contributed by atoms with van der Waals surface area (Å²) in [6, 6.07) is 18.8. The Balaban J connectivity index is 1.68. The molecule has 2 aromatic carbocycles. The number of hydrogen-bond acceptors (Lipinski definition) is 4. The maximum absolute atomic E-state index is 13.4. The van der Waals surface area contributed by atoms with Crippen molar-refractivity contribution in [2.75, 3.05) is 0 Å². The second-order valence-electron chi connectivity index (χ2n) is 8.16. The molecule has 3 amide bonds. The SMILES string of the molecule is CCCc1ccc(C2(C)NC(=O)N(Cc3c(C#N)c(C)nn3-c3ccccc3)C2=O)cc1. The third kappa shape index (κ3) is 3.54. The Bertz CT molecular complexity index is 1210. The van der Waals surface area contributed by atoms with Gasteiger partial charge in [0.15, 0.2) is 0 Å². The first-order valence-electron chi connectivity index (χ1n) is 10.7. The minimum atomic E-state index is -1.17. The molecule has 0 radical (unpaired) electrons. The van der Waals surface area contributed by atoms with Gasteiger partial charge < -0.3 is 5.32 Å². The number of benzene rings is 2. The van der Waals surface area contributed by atoms with Gasteiger partial charge >= 0.3 is 6.03 Å². The summed E-state index contributed by atoms with van der Waals surface area (Å²) in [5.74, 6) is -0.354. The molecule has 162 valence electrons. The number of hydrogen-bond donors (Lipinski definition) is 1. The molecular formula is C25H25N5O2. The second-order valence-corrected chi connectivity index (χ2v) is 8.16. The van der Waals surface area contributed by atoms with Crippen molar-refractivity contribution < 1.29 is 9.59 Å². The fraction of sp³-hybridized carbons (Fsp3) is 0.280. The van der Waals surface area contributed by atoms with Gasteiger partial charge in [-0.25, -0.2) is 9.48 Å². The smallest absolute Gasteiger partial charge is 0.319 e. The first-order chi connectivity index (χ1) is 15.4. The van der Waals surface area contributed by atoms with E-state index in [1.165, 1.54) is 5.56 Å². The standard InChI is InChI=1S/C25H25N5O2/c1-4-8-18-11-13-19(14-12-18)25(3)23(31)29(24(32)27-25)16-22-21(15-26)17(2)28-30(22)20-9-6-5-7-10-20/h5-7,9-14H,4,8,16H2,1-3H3,(H,27,32). The van der Waals surface area contributed by atoms with Crippen LogP contribution in [0.4, 0.5) is 4.79 Å². The summed E-state index contributed by atoms with van der Waals surface area (Å²) in [7, 11) is 0. The van der Waals surface area contributed by atoms with E-state index in [2.05, 4.69) is 23.4 Å². The fourth-order valence-electron chi connectivity index (χ4n) is 4.13. The Morgan fingerprint density at radius 3 is 2.41 bits per heavy atom. The highest BCUT2D eigenvalue weighted by Gasteiger charge is 2.49. The van der Waals surface area contributed by atoms with Gasteiger partial charge in [-0.1, -0.05) is 55.8 Å². The van der Waals surface area contributed by atoms with E-state index in [1.54, 1.807) is 18.5 Å². The molecule has 32 heavy (non-hydrogen) atoms. The van der Waals surface area contributed by atoms with E-state index in [0.717, 1.165) is 29.0 Å². The predicted molar refractivity (Wildman–Crippen MR) is 120 cm³/mol. The molecule has 1 unspecified atom stereocenters. The number of carbonyl (C=O) groups excluding carboxylic acids is 2. The van der Waals surface area contributed by atoms with Gasteiger partial charge in [0.05, 0.1) is 29.2 Å². The number of urea groups is 1. The van der Waals surface area contributed by atoms with Crippen molar-refractivity contribution in [2.24, 2.45) is 0 Å². The van der Waals surface area contributed by atoms with E-state index in [4.69, 9.17) is 0 Å². The highest BCUT2D eigenvalue weighted by Crippen LogP contribution is 2.31. The molecule has 0 bridgehead atoms. The predicted octanol–water partition coefficient (Wildman–Crippen LogP) is 3.97. The van der Waals surface area contributed by atoms with Crippen LogP contribution in [0.5, 0.6) is 0 Å². The van der Waals surface area contributed by atoms with Gasteiger partial charge in [-0.05, 0) is 43.5 Å². The van der Waals surface area contributed by atoms with Gasteiger partial charge in [0.1, 0.15) is 11.6 Å². The summed E-state index contributed by atoms with van der Waals surface area (Å²) < 4.78 is 1.63. The van der Waals surface area contributed by atoms with E-state index >= 15 is 0 Å². The summed E-state index contributed by atoms with van der Waals surface area (Å²) in [4.78, 5) is 27.5. The van der Waals surface area contributed by atoms with E-state index in [1.807, 2.05) is 54.6 Å². The molecule has 4 rings (SSSR count). The van der Waals surface area contributed by atoms with Crippen molar-refractivity contribution in [1.82, 2.24) is 20.0 Å². The third-order valence-electron chi connectivity index (χ3n) is 5.92. The summed E-state index contributed by atoms with van der Waals surface area (Å²) in [6.45, 7) is 5.53. The number of aryl methyl sites for hydroxylation is 2. The van der Waals surface area contributed by atoms with Gasteiger partial charge in [-0.15, -0.1) is 0 Å². The van der Waals surface area contributed by atoms with Crippen molar-refractivity contribution in [2.45, 2.75) is 45.7 Å². The molecule has 2 heterocycles. The molecule has 0 spiro atoms. The number of aromatic nitrogens is 2. The van der Waals surface area contributed by atoms with Crippen molar-refractivity contribution in [3.8, 4) is 11.8 Å². The summed E-state index contributed by atoms with van der Waals surface area (Å²) in [6.07, 6.45) is 2.00. The van der Waals surface area contributed by atoms with Gasteiger partial charge in [-0.2, -0.15) is 10.4 Å². The molecule has 0 aliphatic carbocycles. The highest BCUT2D eigenvalue weighted by atomic mass is 16.2. The van der Waals surface area contributed by atoms with E-state index in [0.29, 0.717) is 17.0 Å². The first kappa shape index (κ1) is 21.3. The highest BCUT2D eigenvalue weighted by molar-refractivity contribution is 6.07. The van der Waals surface area contributed by atoms with Crippen molar-refractivity contribution in [3.05, 3.63) is 82.7 Å². The third-order valence-corrected chi connectivity index (χ3v) is 5.92. The van der Waals surface area contributed by atoms with Crippen LogP contribution >= 0.6 is 0 Å². The van der Waals surface area contributed by atoms with Crippen LogP contribution in [-0.2, 0) is 23.3 Å². The number of para-hydroxylation sites is 1. The largest absolute Gasteiger partial charge is 0.325 e. The minimum absolute atomic E-state index is 0.0488. The molecule has 1 aromatic heterocycles. The lowest BCUT2D eigenvalue weighted by Gasteiger charge is -2.22. The quantitative estimate of drug-likeness (QED) is 0.603. The molecule has 1 fully saturated rings. The molecule has 1 aliphatic rings. The van der Waals surface area contributed by atoms with Crippen LogP contribution in [0, 0.1) is 18.3 Å². The Morgan fingerprint density at radius 1 is 1.09 bits per heavy atom. The topological polar surface area (TPSA) is 91.0 Å². The lowest BCUT2D eigenvalue weighted by atomic mass is 9.91. The van der Waals surface area contributed by atoms with Crippen molar-refractivity contribution in [1.29, 1.82) is 5.26 Å². The lowest BCUT2D eigenvalue weighted by Crippen LogP contribution is -2.40. The number of rotatable bonds is 6. The Labute approximate surface area is 187 Å². The maximum Gasteiger partial charge on any atom is 0.325 e. The second kappa shape index (κ2) is 8.31. The van der Waals surface area contributed by atoms with Crippen LogP contribution < -0.4 is 5.32 Å². The van der Waals surface area contributed by atoms with Crippen molar-refractivity contribution >= 4 is 11.9 Å². The Kier molecular flexibility index (Phi) is 5.54. The summed E-state index contributed by atoms with van der Waals surface area (Å²) in [5, 5.41) is 17.0. The number of carbonyl (C=O) groups is 2. The zero-order valence-corrected chi connectivity index (χ0v) is 18.4. The fourth-order valence-corrected chi connectivity index (χ4v) is 4.13. The van der Waals surface area contributed by atoms with E-state index in [9.17, 15) is 14.9 Å². The van der Waals surface area contributed by atoms with Crippen LogP contribution in [-0.4, -0.2) is 26.6 Å². The molecular weight excluding hydrogens is 402 g/mol. The van der Waals surface area contributed by atoms with Gasteiger partial charge in [0, 0.05) is 0 Å². The number of imide groups is 1. The van der Waals surface area contributed by atoms with Crippen LogP contribution in [0.1, 0.15) is 48.3 Å². The van der Waals surface area contributed by atoms with Crippen LogP contribution in [0.15, 0.2) is 54.6 Å². The number of amides is 3. The Morgan fingerprint density at radius 2 is 1.78 bits per heavy atom. The monoisotopic (exact) mass is 427 g/mol. The summed E-state index contributed by atoms with van der Waals surface area (Å²) in [5.41, 5.74) is 2.93. The van der Waals surface area contributed by atoms with Crippen LogP contribution in [0.25, 0.3) is 5.69 Å². The maximum atomic E-state index is 13.4. The molecule has 0 saturated carbocycles. The minimum Gasteiger partial charge on any atom is -0.319 e. The zero-order chi connectivity index (χ0) is 22.9. The lowest BCUT2D eigenvalue weighted by molar-refractivity contribution is -0.131. The average Bonchev–Trinajstić information content (AvgIpc) is 3.23. The zero-order valence-electron chi connectivity index (χ0n) is 18.4.